The van der Waals surface area contributed by atoms with E-state index >= 15 is 0 Å². The first-order valence-electron chi connectivity index (χ1n) is 11.5. The van der Waals surface area contributed by atoms with Crippen molar-refractivity contribution < 1.29 is 10.2 Å². The lowest BCUT2D eigenvalue weighted by Gasteiger charge is -2.28. The third kappa shape index (κ3) is 4.75. The Labute approximate surface area is 191 Å². The summed E-state index contributed by atoms with van der Waals surface area (Å²) < 4.78 is 4.56. The van der Waals surface area contributed by atoms with Gasteiger partial charge in [0.1, 0.15) is 11.5 Å². The Morgan fingerprint density at radius 1 is 0.970 bits per heavy atom. The molecule has 10 nitrogen and oxygen atoms in total. The van der Waals surface area contributed by atoms with E-state index in [9.17, 15) is 19.8 Å². The maximum absolute atomic E-state index is 13.0. The highest BCUT2D eigenvalue weighted by Gasteiger charge is 2.23. The molecule has 0 unspecified atom stereocenters. The molecule has 2 aromatic heterocycles. The first-order valence-corrected chi connectivity index (χ1v) is 11.5. The van der Waals surface area contributed by atoms with Crippen molar-refractivity contribution in [2.24, 2.45) is 14.1 Å². The smallest absolute Gasteiger partial charge is 0.332 e. The number of piperidine rings is 1. The Kier molecular flexibility index (Phi) is 6.73. The largest absolute Gasteiger partial charge is 0.508 e. The van der Waals surface area contributed by atoms with E-state index in [0.717, 1.165) is 55.0 Å². The van der Waals surface area contributed by atoms with Crippen molar-refractivity contribution in [3.8, 4) is 11.5 Å². The van der Waals surface area contributed by atoms with Crippen molar-refractivity contribution in [2.45, 2.75) is 38.6 Å². The molecule has 1 aliphatic heterocycles. The van der Waals surface area contributed by atoms with Crippen molar-refractivity contribution in [3.63, 3.8) is 0 Å². The van der Waals surface area contributed by atoms with Gasteiger partial charge in [-0.25, -0.2) is 4.79 Å². The molecule has 3 heterocycles. The standard InChI is InChI=1S/C23H32N6O4/c1-26-20-19(21(32)27(2)23(26)33)29(22(25-20)28-10-4-3-5-11-28)12-6-8-24-9-7-16-13-17(30)15-18(31)14-16/h13-15,24,30-31H,3-12H2,1-2H3. The second-order valence-electron chi connectivity index (χ2n) is 8.70. The van der Waals surface area contributed by atoms with Crippen LogP contribution in [-0.2, 0) is 27.1 Å². The van der Waals surface area contributed by atoms with E-state index in [1.165, 1.54) is 24.1 Å². The SMILES string of the molecule is Cn1c(=O)c2c(nc(N3CCCCC3)n2CCCNCCc2cc(O)cc(O)c2)n(C)c1=O. The summed E-state index contributed by atoms with van der Waals surface area (Å²) in [6.07, 6.45) is 4.83. The van der Waals surface area contributed by atoms with Gasteiger partial charge in [-0.1, -0.05) is 0 Å². The van der Waals surface area contributed by atoms with Gasteiger partial charge in [0.05, 0.1) is 0 Å². The number of phenolic OH excluding ortho intramolecular Hbond substituents is 2. The van der Waals surface area contributed by atoms with Gasteiger partial charge in [-0.2, -0.15) is 4.98 Å². The molecule has 0 aliphatic carbocycles. The normalized spacial score (nSPS) is 14.3. The Morgan fingerprint density at radius 2 is 1.67 bits per heavy atom. The van der Waals surface area contributed by atoms with Crippen LogP contribution in [0, 0.1) is 0 Å². The zero-order valence-corrected chi connectivity index (χ0v) is 19.3. The molecular weight excluding hydrogens is 424 g/mol. The number of aryl methyl sites for hydroxylation is 2. The first kappa shape index (κ1) is 22.9. The molecule has 1 fully saturated rings. The van der Waals surface area contributed by atoms with E-state index in [0.29, 0.717) is 30.7 Å². The fraction of sp³-hybridized carbons (Fsp3) is 0.522. The highest BCUT2D eigenvalue weighted by Crippen LogP contribution is 2.23. The molecule has 178 valence electrons. The number of aromatic hydroxyl groups is 2. The quantitative estimate of drug-likeness (QED) is 0.434. The fourth-order valence-electron chi connectivity index (χ4n) is 4.50. The number of anilines is 1. The molecule has 3 aromatic rings. The van der Waals surface area contributed by atoms with Gasteiger partial charge >= 0.3 is 5.69 Å². The average Bonchev–Trinajstić information content (AvgIpc) is 3.18. The van der Waals surface area contributed by atoms with E-state index in [1.54, 1.807) is 19.2 Å². The van der Waals surface area contributed by atoms with Crippen LogP contribution in [0.4, 0.5) is 5.95 Å². The van der Waals surface area contributed by atoms with Gasteiger partial charge in [0.25, 0.3) is 5.56 Å². The lowest BCUT2D eigenvalue weighted by molar-refractivity contribution is 0.449. The van der Waals surface area contributed by atoms with Crippen LogP contribution in [0.2, 0.25) is 0 Å². The van der Waals surface area contributed by atoms with Crippen LogP contribution < -0.4 is 21.5 Å². The van der Waals surface area contributed by atoms with Crippen molar-refractivity contribution >= 4 is 17.1 Å². The number of hydrogen-bond acceptors (Lipinski definition) is 7. The highest BCUT2D eigenvalue weighted by atomic mass is 16.3. The van der Waals surface area contributed by atoms with Crippen molar-refractivity contribution in [1.82, 2.24) is 24.0 Å². The molecule has 1 aromatic carbocycles. The summed E-state index contributed by atoms with van der Waals surface area (Å²) in [5.41, 5.74) is 1.07. The summed E-state index contributed by atoms with van der Waals surface area (Å²) in [7, 11) is 3.16. The molecule has 33 heavy (non-hydrogen) atoms. The number of phenols is 2. The molecule has 0 saturated carbocycles. The summed E-state index contributed by atoms with van der Waals surface area (Å²) in [5, 5.41) is 22.6. The number of nitrogens with one attached hydrogen (secondary N) is 1. The predicted molar refractivity (Wildman–Crippen MR) is 127 cm³/mol. The van der Waals surface area contributed by atoms with Crippen LogP contribution >= 0.6 is 0 Å². The third-order valence-corrected chi connectivity index (χ3v) is 6.25. The molecule has 0 atom stereocenters. The molecular formula is C23H32N6O4. The Morgan fingerprint density at radius 3 is 2.36 bits per heavy atom. The molecule has 0 spiro atoms. The monoisotopic (exact) mass is 456 g/mol. The number of imidazole rings is 1. The van der Waals surface area contributed by atoms with Gasteiger partial charge in [-0.05, 0) is 62.9 Å². The first-order chi connectivity index (χ1) is 15.9. The lowest BCUT2D eigenvalue weighted by Crippen LogP contribution is -2.37. The van der Waals surface area contributed by atoms with Gasteiger partial charge in [0.15, 0.2) is 11.2 Å². The van der Waals surface area contributed by atoms with Gasteiger partial charge in [-0.15, -0.1) is 0 Å². The third-order valence-electron chi connectivity index (χ3n) is 6.25. The summed E-state index contributed by atoms with van der Waals surface area (Å²) in [6, 6.07) is 4.60. The summed E-state index contributed by atoms with van der Waals surface area (Å²) in [6.45, 7) is 3.83. The number of rotatable bonds is 8. The van der Waals surface area contributed by atoms with Crippen LogP contribution in [0.3, 0.4) is 0 Å². The molecule has 3 N–H and O–H groups in total. The van der Waals surface area contributed by atoms with Crippen molar-refractivity contribution in [3.05, 3.63) is 44.6 Å². The number of aromatic nitrogens is 4. The van der Waals surface area contributed by atoms with E-state index in [-0.39, 0.29) is 22.7 Å². The fourth-order valence-corrected chi connectivity index (χ4v) is 4.50. The molecule has 0 radical (unpaired) electrons. The van der Waals surface area contributed by atoms with Crippen LogP contribution in [0.5, 0.6) is 11.5 Å². The minimum Gasteiger partial charge on any atom is -0.508 e. The minimum atomic E-state index is -0.373. The zero-order chi connectivity index (χ0) is 23.5. The van der Waals surface area contributed by atoms with Crippen LogP contribution in [0.15, 0.2) is 27.8 Å². The summed E-state index contributed by atoms with van der Waals surface area (Å²) in [5.74, 6) is 0.870. The van der Waals surface area contributed by atoms with Gasteiger partial charge in [0, 0.05) is 39.8 Å². The van der Waals surface area contributed by atoms with Gasteiger partial charge in [-0.3, -0.25) is 13.9 Å². The molecule has 1 saturated heterocycles. The molecule has 1 aliphatic rings. The van der Waals surface area contributed by atoms with Crippen LogP contribution in [0.25, 0.3) is 11.2 Å². The molecule has 0 bridgehead atoms. The van der Waals surface area contributed by atoms with Crippen molar-refractivity contribution in [2.75, 3.05) is 31.1 Å². The van der Waals surface area contributed by atoms with E-state index in [2.05, 4.69) is 10.2 Å². The zero-order valence-electron chi connectivity index (χ0n) is 19.3. The van der Waals surface area contributed by atoms with Crippen LogP contribution in [-0.4, -0.2) is 55.1 Å². The average molecular weight is 457 g/mol. The van der Waals surface area contributed by atoms with Gasteiger partial charge in [0.2, 0.25) is 5.95 Å². The number of fused-ring (bicyclic) bond motifs is 1. The summed E-state index contributed by atoms with van der Waals surface area (Å²) in [4.78, 5) is 32.4. The maximum atomic E-state index is 13.0. The second-order valence-corrected chi connectivity index (χ2v) is 8.70. The number of benzene rings is 1. The number of nitrogens with zero attached hydrogens (tertiary/aromatic N) is 5. The Hall–Kier alpha value is -3.27. The molecule has 10 heteroatoms. The predicted octanol–water partition coefficient (Wildman–Crippen LogP) is 1.06. The minimum absolute atomic E-state index is 0.0539. The summed E-state index contributed by atoms with van der Waals surface area (Å²) >= 11 is 0. The maximum Gasteiger partial charge on any atom is 0.332 e. The topological polar surface area (TPSA) is 118 Å². The Balaban J connectivity index is 1.48. The van der Waals surface area contributed by atoms with Crippen molar-refractivity contribution in [1.29, 1.82) is 0 Å². The molecule has 0 amide bonds. The van der Waals surface area contributed by atoms with E-state index < -0.39 is 0 Å². The van der Waals surface area contributed by atoms with E-state index in [4.69, 9.17) is 4.98 Å². The number of hydrogen-bond donors (Lipinski definition) is 3. The molecule has 4 rings (SSSR count). The highest BCUT2D eigenvalue weighted by molar-refractivity contribution is 5.74. The van der Waals surface area contributed by atoms with Gasteiger partial charge < -0.3 is 25.0 Å². The lowest BCUT2D eigenvalue weighted by atomic mass is 10.1. The van der Waals surface area contributed by atoms with E-state index in [1.807, 2.05) is 4.57 Å². The van der Waals surface area contributed by atoms with Crippen LogP contribution in [0.1, 0.15) is 31.2 Å². The Bertz CT molecular complexity index is 1230. The second kappa shape index (κ2) is 9.70.